The van der Waals surface area contributed by atoms with Crippen LogP contribution >= 0.6 is 23.1 Å². The van der Waals surface area contributed by atoms with Crippen molar-refractivity contribution in [2.75, 3.05) is 19.3 Å². The summed E-state index contributed by atoms with van der Waals surface area (Å²) in [5.41, 5.74) is 4.26. The van der Waals surface area contributed by atoms with E-state index in [4.69, 9.17) is 9.72 Å². The number of nitrogens with zero attached hydrogens (tertiary/aromatic N) is 2. The van der Waals surface area contributed by atoms with Crippen LogP contribution in [-0.4, -0.2) is 41.2 Å². The molecule has 6 heteroatoms. The monoisotopic (exact) mass is 412 g/mol. The zero-order chi connectivity index (χ0) is 19.7. The van der Waals surface area contributed by atoms with Gasteiger partial charge < -0.3 is 9.64 Å². The minimum absolute atomic E-state index is 0.112. The molecule has 1 aromatic heterocycles. The number of piperidine rings is 1. The van der Waals surface area contributed by atoms with Gasteiger partial charge in [0.2, 0.25) is 0 Å². The summed E-state index contributed by atoms with van der Waals surface area (Å²) in [5.74, 6) is 0.120. The maximum atomic E-state index is 12.9. The molecule has 4 nitrogen and oxygen atoms in total. The molecule has 0 saturated carbocycles. The number of hydrogen-bond acceptors (Lipinski definition) is 5. The number of rotatable bonds is 4. The summed E-state index contributed by atoms with van der Waals surface area (Å²) in [6.45, 7) is 5.63. The van der Waals surface area contributed by atoms with Gasteiger partial charge in [-0.15, -0.1) is 11.8 Å². The number of amides is 1. The molecular weight excluding hydrogens is 388 g/mol. The molecule has 28 heavy (non-hydrogen) atoms. The summed E-state index contributed by atoms with van der Waals surface area (Å²) >= 11 is 3.24. The largest absolute Gasteiger partial charge is 0.467 e. The van der Waals surface area contributed by atoms with E-state index in [1.165, 1.54) is 15.8 Å². The van der Waals surface area contributed by atoms with E-state index in [1.54, 1.807) is 23.1 Å². The Hall–Kier alpha value is -2.05. The molecule has 4 rings (SSSR count). The van der Waals surface area contributed by atoms with Crippen molar-refractivity contribution in [2.45, 2.75) is 37.7 Å². The van der Waals surface area contributed by atoms with Crippen molar-refractivity contribution < 1.29 is 9.53 Å². The minimum atomic E-state index is 0.112. The summed E-state index contributed by atoms with van der Waals surface area (Å²) < 4.78 is 7.40. The Morgan fingerprint density at radius 3 is 2.57 bits per heavy atom. The van der Waals surface area contributed by atoms with Gasteiger partial charge in [0.05, 0.1) is 15.8 Å². The van der Waals surface area contributed by atoms with Crippen molar-refractivity contribution in [1.29, 1.82) is 0 Å². The van der Waals surface area contributed by atoms with Crippen molar-refractivity contribution in [1.82, 2.24) is 9.88 Å². The molecule has 1 aliphatic heterocycles. The fourth-order valence-electron chi connectivity index (χ4n) is 3.60. The van der Waals surface area contributed by atoms with E-state index in [1.807, 2.05) is 35.4 Å². The van der Waals surface area contributed by atoms with Crippen LogP contribution in [-0.2, 0) is 0 Å². The number of aryl methyl sites for hydroxylation is 2. The van der Waals surface area contributed by atoms with Crippen LogP contribution in [0.3, 0.4) is 0 Å². The first-order valence-electron chi connectivity index (χ1n) is 9.52. The highest BCUT2D eigenvalue weighted by molar-refractivity contribution is 7.98. The lowest BCUT2D eigenvalue weighted by atomic mass is 10.1. The molecule has 2 aromatic carbocycles. The lowest BCUT2D eigenvalue weighted by molar-refractivity contribution is 0.0592. The van der Waals surface area contributed by atoms with Crippen LogP contribution in [0.5, 0.6) is 5.19 Å². The van der Waals surface area contributed by atoms with Crippen LogP contribution in [0.25, 0.3) is 10.2 Å². The summed E-state index contributed by atoms with van der Waals surface area (Å²) in [6, 6.07) is 12.1. The standard InChI is InChI=1S/C22H24N2O2S2/c1-14-8-9-15(2)20-19(14)23-22(28-20)26-16-10-12-24(13-11-16)21(25)17-6-4-5-7-18(17)27-3/h4-9,16H,10-13H2,1-3H3. The Morgan fingerprint density at radius 1 is 1.14 bits per heavy atom. The Kier molecular flexibility index (Phi) is 5.60. The van der Waals surface area contributed by atoms with E-state index in [-0.39, 0.29) is 12.0 Å². The van der Waals surface area contributed by atoms with Gasteiger partial charge in [-0.05, 0) is 43.4 Å². The fraction of sp³-hybridized carbons (Fsp3) is 0.364. The number of fused-ring (bicyclic) bond motifs is 1. The molecule has 146 valence electrons. The molecule has 0 aliphatic carbocycles. The molecule has 1 aliphatic rings. The van der Waals surface area contributed by atoms with Crippen LogP contribution in [0.15, 0.2) is 41.3 Å². The zero-order valence-electron chi connectivity index (χ0n) is 16.4. The van der Waals surface area contributed by atoms with E-state index in [9.17, 15) is 4.79 Å². The highest BCUT2D eigenvalue weighted by Gasteiger charge is 2.26. The first-order chi connectivity index (χ1) is 13.6. The fourth-order valence-corrected chi connectivity index (χ4v) is 5.22. The predicted molar refractivity (Wildman–Crippen MR) is 117 cm³/mol. The third-order valence-corrected chi connectivity index (χ3v) is 7.13. The van der Waals surface area contributed by atoms with Gasteiger partial charge >= 0.3 is 0 Å². The summed E-state index contributed by atoms with van der Waals surface area (Å²) in [4.78, 5) is 20.6. The second-order valence-electron chi connectivity index (χ2n) is 7.17. The van der Waals surface area contributed by atoms with Crippen LogP contribution in [0, 0.1) is 13.8 Å². The van der Waals surface area contributed by atoms with E-state index in [0.29, 0.717) is 0 Å². The van der Waals surface area contributed by atoms with E-state index >= 15 is 0 Å². The number of benzene rings is 2. The molecular formula is C22H24N2O2S2. The number of carbonyl (C=O) groups is 1. The molecule has 0 N–H and O–H groups in total. The van der Waals surface area contributed by atoms with Gasteiger partial charge in [-0.25, -0.2) is 4.98 Å². The summed E-state index contributed by atoms with van der Waals surface area (Å²) in [7, 11) is 0. The highest BCUT2D eigenvalue weighted by Crippen LogP contribution is 2.34. The van der Waals surface area contributed by atoms with E-state index < -0.39 is 0 Å². The molecule has 0 radical (unpaired) electrons. The number of thiazole rings is 1. The van der Waals surface area contributed by atoms with Gasteiger partial charge in [-0.3, -0.25) is 4.79 Å². The molecule has 3 aromatic rings. The van der Waals surface area contributed by atoms with Gasteiger partial charge in [0, 0.05) is 30.8 Å². The molecule has 1 amide bonds. The first-order valence-corrected chi connectivity index (χ1v) is 11.6. The van der Waals surface area contributed by atoms with E-state index in [0.717, 1.165) is 47.1 Å². The molecule has 0 bridgehead atoms. The summed E-state index contributed by atoms with van der Waals surface area (Å²) in [6.07, 6.45) is 3.79. The Balaban J connectivity index is 1.41. The molecule has 0 unspecified atom stereocenters. The number of likely N-dealkylation sites (tertiary alicyclic amines) is 1. The van der Waals surface area contributed by atoms with Crippen molar-refractivity contribution in [3.63, 3.8) is 0 Å². The van der Waals surface area contributed by atoms with Crippen LogP contribution in [0.1, 0.15) is 34.3 Å². The van der Waals surface area contributed by atoms with Crippen molar-refractivity contribution in [2.24, 2.45) is 0 Å². The van der Waals surface area contributed by atoms with Gasteiger partial charge in [-0.1, -0.05) is 35.6 Å². The zero-order valence-corrected chi connectivity index (χ0v) is 18.0. The lowest BCUT2D eigenvalue weighted by Crippen LogP contribution is -2.41. The molecule has 1 saturated heterocycles. The molecule has 2 heterocycles. The topological polar surface area (TPSA) is 42.4 Å². The lowest BCUT2D eigenvalue weighted by Gasteiger charge is -2.32. The smallest absolute Gasteiger partial charge is 0.274 e. The number of thioether (sulfide) groups is 1. The third kappa shape index (κ3) is 3.76. The molecule has 0 atom stereocenters. The van der Waals surface area contributed by atoms with E-state index in [2.05, 4.69) is 26.0 Å². The predicted octanol–water partition coefficient (Wildman–Crippen LogP) is 5.32. The van der Waals surface area contributed by atoms with Crippen LogP contribution in [0.4, 0.5) is 0 Å². The first kappa shape index (κ1) is 19.3. The minimum Gasteiger partial charge on any atom is -0.467 e. The number of ether oxygens (including phenoxy) is 1. The highest BCUT2D eigenvalue weighted by atomic mass is 32.2. The van der Waals surface area contributed by atoms with Crippen molar-refractivity contribution in [3.05, 3.63) is 53.1 Å². The number of carbonyl (C=O) groups excluding carboxylic acids is 1. The van der Waals surface area contributed by atoms with Gasteiger partial charge in [0.25, 0.3) is 11.1 Å². The second kappa shape index (κ2) is 8.13. The van der Waals surface area contributed by atoms with Gasteiger partial charge in [-0.2, -0.15) is 0 Å². The van der Waals surface area contributed by atoms with Crippen molar-refractivity contribution >= 4 is 39.2 Å². The Labute approximate surface area is 173 Å². The normalized spacial score (nSPS) is 15.2. The van der Waals surface area contributed by atoms with Gasteiger partial charge in [0.15, 0.2) is 0 Å². The van der Waals surface area contributed by atoms with Crippen LogP contribution in [0.2, 0.25) is 0 Å². The maximum Gasteiger partial charge on any atom is 0.274 e. The summed E-state index contributed by atoms with van der Waals surface area (Å²) in [5, 5.41) is 0.741. The second-order valence-corrected chi connectivity index (χ2v) is 8.98. The Morgan fingerprint density at radius 2 is 1.86 bits per heavy atom. The van der Waals surface area contributed by atoms with Crippen LogP contribution < -0.4 is 4.74 Å². The third-order valence-electron chi connectivity index (χ3n) is 5.26. The maximum absolute atomic E-state index is 12.9. The number of aromatic nitrogens is 1. The van der Waals surface area contributed by atoms with Crippen molar-refractivity contribution in [3.8, 4) is 5.19 Å². The molecule has 1 fully saturated rings. The van der Waals surface area contributed by atoms with Gasteiger partial charge in [0.1, 0.15) is 6.10 Å². The molecule has 0 spiro atoms. The SMILES string of the molecule is CSc1ccccc1C(=O)N1CCC(Oc2nc3c(C)ccc(C)c3s2)CC1. The quantitative estimate of drug-likeness (QED) is 0.544. The Bertz CT molecular complexity index is 968. The average Bonchev–Trinajstić information content (AvgIpc) is 3.16. The average molecular weight is 413 g/mol. The number of hydrogen-bond donors (Lipinski definition) is 0.